The molecule has 0 aliphatic heterocycles. The van der Waals surface area contributed by atoms with Crippen LogP contribution >= 0.6 is 0 Å². The Morgan fingerprint density at radius 2 is 2.16 bits per heavy atom. The number of benzene rings is 1. The second kappa shape index (κ2) is 5.39. The second-order valence-corrected chi connectivity index (χ2v) is 4.08. The van der Waals surface area contributed by atoms with Crippen LogP contribution in [0.25, 0.3) is 0 Å². The summed E-state index contributed by atoms with van der Waals surface area (Å²) in [6.45, 7) is 1.87. The van der Waals surface area contributed by atoms with Gasteiger partial charge in [-0.15, -0.1) is 0 Å². The lowest BCUT2D eigenvalue weighted by Crippen LogP contribution is -2.15. The van der Waals surface area contributed by atoms with Gasteiger partial charge in [0.15, 0.2) is 0 Å². The van der Waals surface area contributed by atoms with Crippen LogP contribution in [-0.2, 0) is 0 Å². The fraction of sp³-hybridized carbons (Fsp3) is 0.143. The van der Waals surface area contributed by atoms with Gasteiger partial charge in [-0.1, -0.05) is 6.07 Å². The number of nitrogen functional groups attached to an aromatic ring is 1. The Morgan fingerprint density at radius 1 is 1.37 bits per heavy atom. The van der Waals surface area contributed by atoms with Gasteiger partial charge in [-0.3, -0.25) is 4.79 Å². The van der Waals surface area contributed by atoms with Gasteiger partial charge in [0.25, 0.3) is 5.91 Å². The maximum atomic E-state index is 12.1. The molecule has 0 atom stereocenters. The van der Waals surface area contributed by atoms with E-state index in [1.54, 1.807) is 31.5 Å². The maximum Gasteiger partial charge on any atom is 0.258 e. The Balaban J connectivity index is 2.23. The quantitative estimate of drug-likeness (QED) is 0.827. The number of nitrogens with one attached hydrogen (secondary N) is 1. The zero-order valence-electron chi connectivity index (χ0n) is 10.8. The minimum absolute atomic E-state index is 0.290. The third-order valence-electron chi connectivity index (χ3n) is 2.74. The lowest BCUT2D eigenvalue weighted by Gasteiger charge is -2.09. The van der Waals surface area contributed by atoms with E-state index >= 15 is 0 Å². The van der Waals surface area contributed by atoms with Crippen LogP contribution in [0.4, 0.5) is 11.5 Å². The number of carbonyl (C=O) groups excluding carboxylic acids is 1. The van der Waals surface area contributed by atoms with Crippen molar-refractivity contribution in [3.63, 3.8) is 0 Å². The van der Waals surface area contributed by atoms with Crippen LogP contribution in [0.5, 0.6) is 5.75 Å². The zero-order valence-corrected chi connectivity index (χ0v) is 10.8. The number of nitrogens with two attached hydrogens (primary N) is 1. The third kappa shape index (κ3) is 2.82. The van der Waals surface area contributed by atoms with Crippen LogP contribution < -0.4 is 15.8 Å². The van der Waals surface area contributed by atoms with Gasteiger partial charge in [-0.25, -0.2) is 4.98 Å². The molecule has 1 amide bonds. The van der Waals surface area contributed by atoms with Crippen LogP contribution in [0.15, 0.2) is 36.5 Å². The number of methoxy groups -OCH3 is 1. The van der Waals surface area contributed by atoms with Crippen molar-refractivity contribution in [2.45, 2.75) is 6.92 Å². The Bertz CT molecular complexity index is 611. The molecule has 0 aliphatic carbocycles. The molecule has 1 aromatic heterocycles. The number of amides is 1. The van der Waals surface area contributed by atoms with Crippen molar-refractivity contribution in [2.75, 3.05) is 18.2 Å². The van der Waals surface area contributed by atoms with Crippen LogP contribution in [0.1, 0.15) is 15.9 Å². The minimum atomic E-state index is -0.290. The van der Waals surface area contributed by atoms with Crippen molar-refractivity contribution < 1.29 is 9.53 Å². The van der Waals surface area contributed by atoms with Crippen molar-refractivity contribution in [1.29, 1.82) is 0 Å². The van der Waals surface area contributed by atoms with Crippen molar-refractivity contribution in [3.05, 3.63) is 47.7 Å². The van der Waals surface area contributed by atoms with Gasteiger partial charge in [0.2, 0.25) is 0 Å². The minimum Gasteiger partial charge on any atom is -0.497 e. The van der Waals surface area contributed by atoms with E-state index in [2.05, 4.69) is 10.3 Å². The van der Waals surface area contributed by atoms with E-state index in [-0.39, 0.29) is 5.91 Å². The maximum absolute atomic E-state index is 12.1. The van der Waals surface area contributed by atoms with E-state index in [0.29, 0.717) is 22.8 Å². The molecule has 0 spiro atoms. The van der Waals surface area contributed by atoms with E-state index in [0.717, 1.165) is 5.56 Å². The summed E-state index contributed by atoms with van der Waals surface area (Å²) >= 11 is 0. The SMILES string of the molecule is COc1ccc(C(=O)Nc2ncccc2C)c(N)c1. The molecule has 2 rings (SSSR count). The molecule has 98 valence electrons. The number of ether oxygens (including phenoxy) is 1. The van der Waals surface area contributed by atoms with E-state index in [1.165, 1.54) is 0 Å². The van der Waals surface area contributed by atoms with Gasteiger partial charge < -0.3 is 15.8 Å². The number of pyridine rings is 1. The molecule has 0 unspecified atom stereocenters. The third-order valence-corrected chi connectivity index (χ3v) is 2.74. The first-order valence-electron chi connectivity index (χ1n) is 5.78. The molecule has 1 heterocycles. The first-order valence-corrected chi connectivity index (χ1v) is 5.78. The number of carbonyl (C=O) groups is 1. The number of hydrogen-bond donors (Lipinski definition) is 2. The molecule has 3 N–H and O–H groups in total. The summed E-state index contributed by atoms with van der Waals surface area (Å²) < 4.78 is 5.04. The highest BCUT2D eigenvalue weighted by Gasteiger charge is 2.12. The monoisotopic (exact) mass is 257 g/mol. The summed E-state index contributed by atoms with van der Waals surface area (Å²) in [5, 5.41) is 2.73. The fourth-order valence-electron chi connectivity index (χ4n) is 1.67. The van der Waals surface area contributed by atoms with E-state index in [4.69, 9.17) is 10.5 Å². The van der Waals surface area contributed by atoms with E-state index in [1.807, 2.05) is 19.1 Å². The predicted octanol–water partition coefficient (Wildman–Crippen LogP) is 2.23. The molecule has 1 aromatic carbocycles. The largest absolute Gasteiger partial charge is 0.497 e. The fourth-order valence-corrected chi connectivity index (χ4v) is 1.67. The first-order chi connectivity index (χ1) is 9.11. The number of aromatic nitrogens is 1. The van der Waals surface area contributed by atoms with Crippen LogP contribution in [0, 0.1) is 6.92 Å². The van der Waals surface area contributed by atoms with Crippen LogP contribution in [0.2, 0.25) is 0 Å². The summed E-state index contributed by atoms with van der Waals surface area (Å²) in [6.07, 6.45) is 1.62. The molecule has 0 fully saturated rings. The van der Waals surface area contributed by atoms with Crippen molar-refractivity contribution in [1.82, 2.24) is 4.98 Å². The van der Waals surface area contributed by atoms with Crippen LogP contribution in [-0.4, -0.2) is 18.0 Å². The van der Waals surface area contributed by atoms with Crippen molar-refractivity contribution in [3.8, 4) is 5.75 Å². The molecule has 0 saturated carbocycles. The Labute approximate surface area is 111 Å². The first kappa shape index (κ1) is 12.9. The topological polar surface area (TPSA) is 77.2 Å². The second-order valence-electron chi connectivity index (χ2n) is 4.08. The van der Waals surface area contributed by atoms with Gasteiger partial charge in [-0.05, 0) is 30.7 Å². The highest BCUT2D eigenvalue weighted by Crippen LogP contribution is 2.21. The standard InChI is InChI=1S/C14H15N3O2/c1-9-4-3-7-16-13(9)17-14(18)11-6-5-10(19-2)8-12(11)15/h3-8H,15H2,1-2H3,(H,16,17,18). The molecular formula is C14H15N3O2. The lowest BCUT2D eigenvalue weighted by atomic mass is 10.1. The summed E-state index contributed by atoms with van der Waals surface area (Å²) in [6, 6.07) is 8.62. The number of aryl methyl sites for hydroxylation is 1. The lowest BCUT2D eigenvalue weighted by molar-refractivity contribution is 0.102. The predicted molar refractivity (Wildman–Crippen MR) is 74.3 cm³/mol. The summed E-state index contributed by atoms with van der Waals surface area (Å²) in [4.78, 5) is 16.2. The highest BCUT2D eigenvalue weighted by molar-refractivity contribution is 6.07. The molecule has 5 nitrogen and oxygen atoms in total. The smallest absolute Gasteiger partial charge is 0.258 e. The van der Waals surface area contributed by atoms with Crippen molar-refractivity contribution >= 4 is 17.4 Å². The Hall–Kier alpha value is -2.56. The zero-order chi connectivity index (χ0) is 13.8. The average molecular weight is 257 g/mol. The molecular weight excluding hydrogens is 242 g/mol. The van der Waals surface area contributed by atoms with Crippen LogP contribution in [0.3, 0.4) is 0 Å². The van der Waals surface area contributed by atoms with Gasteiger partial charge in [-0.2, -0.15) is 0 Å². The highest BCUT2D eigenvalue weighted by atomic mass is 16.5. The molecule has 19 heavy (non-hydrogen) atoms. The van der Waals surface area contributed by atoms with Crippen molar-refractivity contribution in [2.24, 2.45) is 0 Å². The number of rotatable bonds is 3. The van der Waals surface area contributed by atoms with E-state index < -0.39 is 0 Å². The Kier molecular flexibility index (Phi) is 3.66. The Morgan fingerprint density at radius 3 is 2.79 bits per heavy atom. The number of nitrogens with zero attached hydrogens (tertiary/aromatic N) is 1. The summed E-state index contributed by atoms with van der Waals surface area (Å²) in [5.74, 6) is 0.854. The molecule has 0 saturated heterocycles. The summed E-state index contributed by atoms with van der Waals surface area (Å²) in [7, 11) is 1.55. The van der Waals surface area contributed by atoms with Gasteiger partial charge >= 0.3 is 0 Å². The van der Waals surface area contributed by atoms with E-state index in [9.17, 15) is 4.79 Å². The number of hydrogen-bond acceptors (Lipinski definition) is 4. The average Bonchev–Trinajstić information content (AvgIpc) is 2.41. The molecule has 0 radical (unpaired) electrons. The molecule has 0 bridgehead atoms. The summed E-state index contributed by atoms with van der Waals surface area (Å²) in [5.41, 5.74) is 7.48. The molecule has 5 heteroatoms. The van der Waals surface area contributed by atoms with Gasteiger partial charge in [0.05, 0.1) is 12.7 Å². The molecule has 2 aromatic rings. The normalized spacial score (nSPS) is 10.0. The van der Waals surface area contributed by atoms with Gasteiger partial charge in [0, 0.05) is 18.0 Å². The molecule has 0 aliphatic rings. The number of anilines is 2. The van der Waals surface area contributed by atoms with Gasteiger partial charge in [0.1, 0.15) is 11.6 Å².